The normalized spacial score (nSPS) is 20.9. The van der Waals surface area contributed by atoms with Crippen molar-refractivity contribution >= 4 is 33.1 Å². The molecule has 11 nitrogen and oxygen atoms in total. The zero-order valence-electron chi connectivity index (χ0n) is 17.9. The number of ether oxygens (including phenoxy) is 1. The molecule has 3 heterocycles. The Bertz CT molecular complexity index is 1080. The van der Waals surface area contributed by atoms with Gasteiger partial charge >= 0.3 is 6.09 Å². The maximum absolute atomic E-state index is 13.2. The Morgan fingerprint density at radius 2 is 1.97 bits per heavy atom. The van der Waals surface area contributed by atoms with Gasteiger partial charge < -0.3 is 15.0 Å². The number of aromatic nitrogens is 2. The van der Waals surface area contributed by atoms with Crippen LogP contribution in [0.15, 0.2) is 27.7 Å². The van der Waals surface area contributed by atoms with E-state index in [1.165, 1.54) is 10.4 Å². The molecule has 1 atom stereocenters. The van der Waals surface area contributed by atoms with Crippen LogP contribution in [0.25, 0.3) is 11.0 Å². The third kappa shape index (κ3) is 4.56. The van der Waals surface area contributed by atoms with Crippen molar-refractivity contribution < 1.29 is 27.4 Å². The molecule has 0 spiro atoms. The summed E-state index contributed by atoms with van der Waals surface area (Å²) in [6.45, 7) is 3.58. The number of amides is 2. The van der Waals surface area contributed by atoms with Gasteiger partial charge in [0, 0.05) is 32.2 Å². The zero-order valence-corrected chi connectivity index (χ0v) is 18.7. The Balaban J connectivity index is 1.37. The number of sulfonamides is 1. The van der Waals surface area contributed by atoms with Gasteiger partial charge in [-0.05, 0) is 55.1 Å². The summed E-state index contributed by atoms with van der Waals surface area (Å²) in [7, 11) is -3.85. The van der Waals surface area contributed by atoms with Crippen LogP contribution in [0.4, 0.5) is 4.79 Å². The number of fused-ring (bicyclic) bond motifs is 1. The van der Waals surface area contributed by atoms with E-state index in [1.807, 2.05) is 0 Å². The summed E-state index contributed by atoms with van der Waals surface area (Å²) in [6.07, 6.45) is 2.16. The Morgan fingerprint density at radius 1 is 1.19 bits per heavy atom. The molecular formula is C20H27N5O6S. The molecule has 1 aromatic heterocycles. The van der Waals surface area contributed by atoms with Crippen LogP contribution in [0.1, 0.15) is 32.6 Å². The van der Waals surface area contributed by atoms with Gasteiger partial charge in [-0.3, -0.25) is 4.79 Å². The Morgan fingerprint density at radius 3 is 2.72 bits per heavy atom. The van der Waals surface area contributed by atoms with Crippen LogP contribution in [0.3, 0.4) is 0 Å². The van der Waals surface area contributed by atoms with Crippen molar-refractivity contribution in [3.8, 4) is 0 Å². The lowest BCUT2D eigenvalue weighted by atomic mass is 9.97. The van der Waals surface area contributed by atoms with Crippen LogP contribution in [0.2, 0.25) is 0 Å². The number of likely N-dealkylation sites (tertiary alicyclic amines) is 1. The van der Waals surface area contributed by atoms with Crippen LogP contribution in [0.5, 0.6) is 0 Å². The lowest BCUT2D eigenvalue weighted by Gasteiger charge is -2.34. The van der Waals surface area contributed by atoms with Crippen molar-refractivity contribution in [2.24, 2.45) is 5.92 Å². The predicted molar refractivity (Wildman–Crippen MR) is 113 cm³/mol. The van der Waals surface area contributed by atoms with E-state index in [0.29, 0.717) is 57.4 Å². The quantitative estimate of drug-likeness (QED) is 0.699. The molecule has 4 rings (SSSR count). The van der Waals surface area contributed by atoms with Gasteiger partial charge in [-0.25, -0.2) is 17.8 Å². The van der Waals surface area contributed by atoms with E-state index in [9.17, 15) is 18.0 Å². The van der Waals surface area contributed by atoms with Crippen LogP contribution < -0.4 is 5.32 Å². The molecule has 2 amide bonds. The minimum atomic E-state index is -3.85. The summed E-state index contributed by atoms with van der Waals surface area (Å²) in [5.74, 6) is -0.586. The van der Waals surface area contributed by atoms with Crippen molar-refractivity contribution in [2.45, 2.75) is 43.5 Å². The fraction of sp³-hybridized carbons (Fsp3) is 0.600. The van der Waals surface area contributed by atoms with E-state index in [2.05, 4.69) is 20.3 Å². The number of hydrogen-bond acceptors (Lipinski definition) is 8. The molecule has 2 aromatic rings. The highest BCUT2D eigenvalue weighted by Crippen LogP contribution is 2.28. The van der Waals surface area contributed by atoms with Gasteiger partial charge in [0.05, 0.1) is 12.5 Å². The molecule has 0 aliphatic carbocycles. The van der Waals surface area contributed by atoms with Crippen LogP contribution >= 0.6 is 0 Å². The standard InChI is InChI=1S/C20H27N5O6S/c1-2-30-20(27)24-11-8-15(9-12-24)21-19(26)14-5-4-10-25(13-14)32(28,29)17-7-3-6-16-18(17)23-31-22-16/h3,6-7,14-15H,2,4-5,8-13H2,1H3,(H,21,26)/t14-/m1/s1. The summed E-state index contributed by atoms with van der Waals surface area (Å²) in [4.78, 5) is 26.4. The van der Waals surface area contributed by atoms with Gasteiger partial charge in [0.2, 0.25) is 15.9 Å². The number of hydrogen-bond donors (Lipinski definition) is 1. The van der Waals surface area contributed by atoms with Crippen molar-refractivity contribution in [1.29, 1.82) is 0 Å². The van der Waals surface area contributed by atoms with Crippen LogP contribution in [-0.2, 0) is 19.6 Å². The molecule has 1 N–H and O–H groups in total. The molecule has 2 saturated heterocycles. The molecule has 2 aliphatic heterocycles. The molecule has 0 radical (unpaired) electrons. The smallest absolute Gasteiger partial charge is 0.409 e. The van der Waals surface area contributed by atoms with Gasteiger partial charge in [0.15, 0.2) is 5.52 Å². The molecule has 2 fully saturated rings. The molecule has 2 aliphatic rings. The highest BCUT2D eigenvalue weighted by atomic mass is 32.2. The van der Waals surface area contributed by atoms with Crippen molar-refractivity contribution in [2.75, 3.05) is 32.8 Å². The lowest BCUT2D eigenvalue weighted by molar-refractivity contribution is -0.127. The SMILES string of the molecule is CCOC(=O)N1CCC(NC(=O)[C@@H]2CCCN(S(=O)(=O)c3cccc4nonc34)C2)CC1. The molecular weight excluding hydrogens is 438 g/mol. The maximum Gasteiger partial charge on any atom is 0.409 e. The van der Waals surface area contributed by atoms with Crippen molar-refractivity contribution in [1.82, 2.24) is 24.8 Å². The molecule has 12 heteroatoms. The summed E-state index contributed by atoms with van der Waals surface area (Å²) in [5, 5.41) is 10.5. The van der Waals surface area contributed by atoms with E-state index >= 15 is 0 Å². The number of carbonyl (C=O) groups excluding carboxylic acids is 2. The van der Waals surface area contributed by atoms with E-state index in [1.54, 1.807) is 24.0 Å². The average molecular weight is 466 g/mol. The topological polar surface area (TPSA) is 135 Å². The highest BCUT2D eigenvalue weighted by molar-refractivity contribution is 7.89. The van der Waals surface area contributed by atoms with Crippen LogP contribution in [-0.4, -0.2) is 78.8 Å². The second-order valence-electron chi connectivity index (χ2n) is 8.06. The minimum Gasteiger partial charge on any atom is -0.450 e. The number of nitrogens with one attached hydrogen (secondary N) is 1. The number of nitrogens with zero attached hydrogens (tertiary/aromatic N) is 4. The Labute approximate surface area is 186 Å². The highest BCUT2D eigenvalue weighted by Gasteiger charge is 2.36. The number of carbonyl (C=O) groups is 2. The van der Waals surface area contributed by atoms with Crippen LogP contribution in [0, 0.1) is 5.92 Å². The fourth-order valence-electron chi connectivity index (χ4n) is 4.24. The molecule has 174 valence electrons. The molecule has 0 unspecified atom stereocenters. The first-order valence-corrected chi connectivity index (χ1v) is 12.3. The lowest BCUT2D eigenvalue weighted by Crippen LogP contribution is -2.50. The molecule has 32 heavy (non-hydrogen) atoms. The molecule has 0 bridgehead atoms. The van der Waals surface area contributed by atoms with Gasteiger partial charge in [0.25, 0.3) is 0 Å². The third-order valence-corrected chi connectivity index (χ3v) is 7.89. The number of benzene rings is 1. The summed E-state index contributed by atoms with van der Waals surface area (Å²) in [6, 6.07) is 4.65. The van der Waals surface area contributed by atoms with E-state index < -0.39 is 15.9 Å². The van der Waals surface area contributed by atoms with Gasteiger partial charge in [-0.2, -0.15) is 4.31 Å². The first kappa shape index (κ1) is 22.5. The fourth-order valence-corrected chi connectivity index (χ4v) is 5.90. The second-order valence-corrected chi connectivity index (χ2v) is 9.97. The van der Waals surface area contributed by atoms with Crippen molar-refractivity contribution in [3.05, 3.63) is 18.2 Å². The number of piperidine rings is 2. The first-order valence-electron chi connectivity index (χ1n) is 10.8. The van der Waals surface area contributed by atoms with E-state index in [0.717, 1.165) is 0 Å². The van der Waals surface area contributed by atoms with E-state index in [-0.39, 0.29) is 35.0 Å². The zero-order chi connectivity index (χ0) is 22.7. The maximum atomic E-state index is 13.2. The Hall–Kier alpha value is -2.73. The second kappa shape index (κ2) is 9.41. The summed E-state index contributed by atoms with van der Waals surface area (Å²) < 4.78 is 37.5. The van der Waals surface area contributed by atoms with Gasteiger partial charge in [-0.1, -0.05) is 6.07 Å². The largest absolute Gasteiger partial charge is 0.450 e. The van der Waals surface area contributed by atoms with Gasteiger partial charge in [0.1, 0.15) is 10.4 Å². The molecule has 1 aromatic carbocycles. The predicted octanol–water partition coefficient (Wildman–Crippen LogP) is 1.36. The average Bonchev–Trinajstić information content (AvgIpc) is 3.28. The summed E-state index contributed by atoms with van der Waals surface area (Å²) >= 11 is 0. The first-order chi connectivity index (χ1) is 15.4. The Kier molecular flexibility index (Phi) is 6.60. The third-order valence-electron chi connectivity index (χ3n) is 5.99. The molecule has 0 saturated carbocycles. The number of rotatable bonds is 5. The minimum absolute atomic E-state index is 0.0312. The summed E-state index contributed by atoms with van der Waals surface area (Å²) in [5.41, 5.74) is 0.555. The van der Waals surface area contributed by atoms with Crippen molar-refractivity contribution in [3.63, 3.8) is 0 Å². The van der Waals surface area contributed by atoms with E-state index in [4.69, 9.17) is 4.74 Å². The van der Waals surface area contributed by atoms with Gasteiger partial charge in [-0.15, -0.1) is 0 Å². The monoisotopic (exact) mass is 465 g/mol.